The molecule has 110 valence electrons. The van der Waals surface area contributed by atoms with Crippen molar-refractivity contribution in [2.75, 3.05) is 24.5 Å². The lowest BCUT2D eigenvalue weighted by atomic mass is 10.1. The van der Waals surface area contributed by atoms with E-state index >= 15 is 0 Å². The molecule has 0 bridgehead atoms. The van der Waals surface area contributed by atoms with Crippen molar-refractivity contribution < 1.29 is 23.2 Å². The second-order valence-corrected chi connectivity index (χ2v) is 5.09. The molecule has 0 atom stereocenters. The molecule has 2 amide bonds. The molecule has 1 saturated heterocycles. The third kappa shape index (κ3) is 2.18. The average Bonchev–Trinajstić information content (AvgIpc) is 3.02. The summed E-state index contributed by atoms with van der Waals surface area (Å²) in [5.41, 5.74) is -0.634. The van der Waals surface area contributed by atoms with Crippen LogP contribution in [-0.4, -0.2) is 42.1 Å². The van der Waals surface area contributed by atoms with Gasteiger partial charge in [-0.3, -0.25) is 19.3 Å². The highest BCUT2D eigenvalue weighted by Crippen LogP contribution is 2.32. The van der Waals surface area contributed by atoms with Crippen LogP contribution >= 0.6 is 0 Å². The van der Waals surface area contributed by atoms with Gasteiger partial charge in [-0.05, 0) is 18.9 Å². The second-order valence-electron chi connectivity index (χ2n) is 5.09. The predicted molar refractivity (Wildman–Crippen MR) is 68.9 cm³/mol. The summed E-state index contributed by atoms with van der Waals surface area (Å²) in [6.07, 6.45) is 1.77. The molecule has 1 aromatic rings. The van der Waals surface area contributed by atoms with Gasteiger partial charge in [0, 0.05) is 19.2 Å². The number of carbonyl (C=O) groups excluding carboxylic acids is 3. The molecule has 0 spiro atoms. The van der Waals surface area contributed by atoms with Crippen LogP contribution in [0.4, 0.5) is 14.5 Å². The van der Waals surface area contributed by atoms with Gasteiger partial charge in [0.15, 0.2) is 0 Å². The molecule has 2 aliphatic heterocycles. The van der Waals surface area contributed by atoms with Gasteiger partial charge in [-0.25, -0.2) is 8.78 Å². The number of hydrogen-bond donors (Lipinski definition) is 0. The number of carbonyl (C=O) groups is 3. The van der Waals surface area contributed by atoms with Crippen molar-refractivity contribution in [1.29, 1.82) is 0 Å². The van der Waals surface area contributed by atoms with Gasteiger partial charge in [0.1, 0.15) is 18.2 Å². The van der Waals surface area contributed by atoms with Gasteiger partial charge >= 0.3 is 0 Å². The Bertz CT molecular complexity index is 654. The van der Waals surface area contributed by atoms with Crippen LogP contribution in [0.3, 0.4) is 0 Å². The minimum atomic E-state index is -1.08. The molecule has 0 unspecified atom stereocenters. The van der Waals surface area contributed by atoms with Crippen molar-refractivity contribution in [1.82, 2.24) is 4.90 Å². The van der Waals surface area contributed by atoms with E-state index in [1.165, 1.54) is 0 Å². The number of nitrogens with zero attached hydrogens (tertiary/aromatic N) is 2. The Hall–Kier alpha value is -2.31. The van der Waals surface area contributed by atoms with Crippen molar-refractivity contribution in [2.45, 2.75) is 12.8 Å². The zero-order chi connectivity index (χ0) is 15.1. The molecule has 0 N–H and O–H groups in total. The topological polar surface area (TPSA) is 57.7 Å². The maximum absolute atomic E-state index is 13.7. The molecule has 21 heavy (non-hydrogen) atoms. The third-order valence-corrected chi connectivity index (χ3v) is 3.74. The van der Waals surface area contributed by atoms with E-state index < -0.39 is 28.9 Å². The van der Waals surface area contributed by atoms with Crippen LogP contribution in [0.1, 0.15) is 23.2 Å². The fraction of sp³-hybridized carbons (Fsp3) is 0.357. The van der Waals surface area contributed by atoms with E-state index in [0.717, 1.165) is 23.8 Å². The molecular weight excluding hydrogens is 282 g/mol. The molecule has 0 aliphatic carbocycles. The second kappa shape index (κ2) is 4.91. The summed E-state index contributed by atoms with van der Waals surface area (Å²) in [6.45, 7) is 0.818. The third-order valence-electron chi connectivity index (χ3n) is 3.74. The van der Waals surface area contributed by atoms with Gasteiger partial charge < -0.3 is 4.90 Å². The van der Waals surface area contributed by atoms with Crippen molar-refractivity contribution >= 4 is 23.3 Å². The summed E-state index contributed by atoms with van der Waals surface area (Å²) < 4.78 is 27.0. The highest BCUT2D eigenvalue weighted by atomic mass is 19.1. The number of likely N-dealkylation sites (tertiary alicyclic amines) is 1. The molecule has 5 nitrogen and oxygen atoms in total. The van der Waals surface area contributed by atoms with Gasteiger partial charge in [0.2, 0.25) is 5.91 Å². The number of anilines is 1. The Balaban J connectivity index is 1.92. The zero-order valence-electron chi connectivity index (χ0n) is 11.1. The zero-order valence-corrected chi connectivity index (χ0v) is 11.1. The van der Waals surface area contributed by atoms with Crippen LogP contribution in [-0.2, 0) is 9.59 Å². The van der Waals surface area contributed by atoms with Crippen LogP contribution in [0, 0.1) is 11.6 Å². The predicted octanol–water partition coefficient (Wildman–Crippen LogP) is 1.12. The van der Waals surface area contributed by atoms with E-state index in [4.69, 9.17) is 0 Å². The van der Waals surface area contributed by atoms with Gasteiger partial charge in [0.25, 0.3) is 11.7 Å². The SMILES string of the molecule is O=C1C(=O)N(CC(=O)N2CCCC2)c2cc(F)cc(F)c21. The summed E-state index contributed by atoms with van der Waals surface area (Å²) in [5, 5.41) is 0. The highest BCUT2D eigenvalue weighted by Gasteiger charge is 2.40. The largest absolute Gasteiger partial charge is 0.341 e. The molecule has 2 heterocycles. The van der Waals surface area contributed by atoms with Crippen LogP contribution in [0.15, 0.2) is 12.1 Å². The molecule has 0 aromatic heterocycles. The first-order valence-corrected chi connectivity index (χ1v) is 6.62. The monoisotopic (exact) mass is 294 g/mol. The standard InChI is InChI=1S/C14H12F2N2O3/c15-8-5-9(16)12-10(6-8)18(14(21)13(12)20)7-11(19)17-3-1-2-4-17/h5-6H,1-4,7H2. The Morgan fingerprint density at radius 1 is 1.14 bits per heavy atom. The van der Waals surface area contributed by atoms with Crippen molar-refractivity contribution in [3.63, 3.8) is 0 Å². The van der Waals surface area contributed by atoms with Gasteiger partial charge in [-0.15, -0.1) is 0 Å². The van der Waals surface area contributed by atoms with Crippen LogP contribution in [0.25, 0.3) is 0 Å². The summed E-state index contributed by atoms with van der Waals surface area (Å²) in [6, 6.07) is 1.45. The Morgan fingerprint density at radius 2 is 1.81 bits per heavy atom. The van der Waals surface area contributed by atoms with Crippen molar-refractivity contribution in [3.05, 3.63) is 29.3 Å². The van der Waals surface area contributed by atoms with Crippen molar-refractivity contribution in [3.8, 4) is 0 Å². The van der Waals surface area contributed by atoms with E-state index in [2.05, 4.69) is 0 Å². The fourth-order valence-electron chi connectivity index (χ4n) is 2.70. The van der Waals surface area contributed by atoms with E-state index in [9.17, 15) is 23.2 Å². The number of ketones is 1. The molecular formula is C14H12F2N2O3. The summed E-state index contributed by atoms with van der Waals surface area (Å²) >= 11 is 0. The number of benzene rings is 1. The molecule has 1 fully saturated rings. The molecule has 2 aliphatic rings. The lowest BCUT2D eigenvalue weighted by Gasteiger charge is -2.21. The Labute approximate surface area is 119 Å². The minimum Gasteiger partial charge on any atom is -0.341 e. The summed E-state index contributed by atoms with van der Waals surface area (Å²) in [7, 11) is 0. The number of amides is 2. The average molecular weight is 294 g/mol. The van der Waals surface area contributed by atoms with Crippen molar-refractivity contribution in [2.24, 2.45) is 0 Å². The highest BCUT2D eigenvalue weighted by molar-refractivity contribution is 6.52. The fourth-order valence-corrected chi connectivity index (χ4v) is 2.70. The lowest BCUT2D eigenvalue weighted by molar-refractivity contribution is -0.129. The molecule has 0 radical (unpaired) electrons. The van der Waals surface area contributed by atoms with Gasteiger partial charge in [-0.2, -0.15) is 0 Å². The van der Waals surface area contributed by atoms with E-state index in [1.54, 1.807) is 4.90 Å². The van der Waals surface area contributed by atoms with Crippen LogP contribution in [0.5, 0.6) is 0 Å². The van der Waals surface area contributed by atoms with Gasteiger partial charge in [0.05, 0.1) is 11.3 Å². The van der Waals surface area contributed by atoms with Crippen LogP contribution < -0.4 is 4.90 Å². The molecule has 3 rings (SSSR count). The minimum absolute atomic E-state index is 0.171. The molecule has 0 saturated carbocycles. The molecule has 1 aromatic carbocycles. The van der Waals surface area contributed by atoms with E-state index in [0.29, 0.717) is 19.2 Å². The summed E-state index contributed by atoms with van der Waals surface area (Å²) in [4.78, 5) is 38.1. The number of rotatable bonds is 2. The summed E-state index contributed by atoms with van der Waals surface area (Å²) in [5.74, 6) is -4.35. The van der Waals surface area contributed by atoms with E-state index in [1.807, 2.05) is 0 Å². The lowest BCUT2D eigenvalue weighted by Crippen LogP contribution is -2.41. The smallest absolute Gasteiger partial charge is 0.300 e. The number of Topliss-reactive ketones (excluding diaryl/α,β-unsaturated/α-hetero) is 1. The Morgan fingerprint density at radius 3 is 2.48 bits per heavy atom. The number of hydrogen-bond acceptors (Lipinski definition) is 3. The maximum Gasteiger partial charge on any atom is 0.300 e. The first-order chi connectivity index (χ1) is 9.99. The first kappa shape index (κ1) is 13.7. The number of halogens is 2. The first-order valence-electron chi connectivity index (χ1n) is 6.62. The quantitative estimate of drug-likeness (QED) is 0.768. The number of fused-ring (bicyclic) bond motifs is 1. The molecule has 7 heteroatoms. The maximum atomic E-state index is 13.7. The Kier molecular flexibility index (Phi) is 3.19. The normalized spacial score (nSPS) is 17.6. The van der Waals surface area contributed by atoms with E-state index in [-0.39, 0.29) is 18.1 Å². The van der Waals surface area contributed by atoms with Crippen LogP contribution in [0.2, 0.25) is 0 Å². The van der Waals surface area contributed by atoms with Gasteiger partial charge in [-0.1, -0.05) is 0 Å².